The van der Waals surface area contributed by atoms with Crippen LogP contribution in [0.4, 0.5) is 20.5 Å². The van der Waals surface area contributed by atoms with E-state index < -0.39 is 0 Å². The first-order valence-corrected chi connectivity index (χ1v) is 8.36. The van der Waals surface area contributed by atoms with Gasteiger partial charge in [-0.2, -0.15) is 10.1 Å². The first-order chi connectivity index (χ1) is 12.7. The molecule has 0 amide bonds. The van der Waals surface area contributed by atoms with Gasteiger partial charge in [-0.25, -0.2) is 8.78 Å². The molecule has 0 radical (unpaired) electrons. The molecular formula is C19H19F2N5. The second kappa shape index (κ2) is 8.84. The summed E-state index contributed by atoms with van der Waals surface area (Å²) < 4.78 is 26.5. The van der Waals surface area contributed by atoms with Crippen LogP contribution in [0.5, 0.6) is 0 Å². The molecule has 3 aromatic rings. The Morgan fingerprint density at radius 3 is 2.42 bits per heavy atom. The normalized spacial score (nSPS) is 10.5. The molecule has 1 heterocycles. The zero-order valence-electron chi connectivity index (χ0n) is 14.1. The largest absolute Gasteiger partial charge is 0.368 e. The van der Waals surface area contributed by atoms with Crippen LogP contribution in [0.2, 0.25) is 0 Å². The molecule has 0 unspecified atom stereocenters. The van der Waals surface area contributed by atoms with E-state index in [2.05, 4.69) is 25.8 Å². The maximum atomic E-state index is 13.6. The van der Waals surface area contributed by atoms with Crippen molar-refractivity contribution in [3.63, 3.8) is 0 Å². The summed E-state index contributed by atoms with van der Waals surface area (Å²) in [6.07, 6.45) is 2.80. The van der Waals surface area contributed by atoms with E-state index in [1.165, 1.54) is 24.4 Å². The summed E-state index contributed by atoms with van der Waals surface area (Å²) in [5.74, 6) is 0.515. The van der Waals surface area contributed by atoms with Crippen molar-refractivity contribution in [2.24, 2.45) is 0 Å². The Bertz CT molecular complexity index is 839. The summed E-state index contributed by atoms with van der Waals surface area (Å²) in [5.41, 5.74) is 1.67. The SMILES string of the molecule is Fc1ccc(CCNc2cnnc(NCCc3ccccc3F)n2)cc1. The van der Waals surface area contributed by atoms with E-state index in [1.807, 2.05) is 6.07 Å². The Hall–Kier alpha value is -3.09. The van der Waals surface area contributed by atoms with Gasteiger partial charge in [0.25, 0.3) is 0 Å². The third-order valence-electron chi connectivity index (χ3n) is 3.83. The molecule has 0 atom stereocenters. The van der Waals surface area contributed by atoms with Crippen molar-refractivity contribution in [3.05, 3.63) is 77.5 Å². The molecule has 134 valence electrons. The van der Waals surface area contributed by atoms with Crippen LogP contribution in [0.1, 0.15) is 11.1 Å². The number of nitrogens with one attached hydrogen (secondary N) is 2. The molecule has 0 fully saturated rings. The van der Waals surface area contributed by atoms with Crippen molar-refractivity contribution >= 4 is 11.8 Å². The quantitative estimate of drug-likeness (QED) is 0.648. The van der Waals surface area contributed by atoms with Gasteiger partial charge in [0.1, 0.15) is 11.6 Å². The summed E-state index contributed by atoms with van der Waals surface area (Å²) >= 11 is 0. The van der Waals surface area contributed by atoms with Crippen LogP contribution in [0.3, 0.4) is 0 Å². The molecule has 0 aliphatic heterocycles. The van der Waals surface area contributed by atoms with Crippen molar-refractivity contribution in [2.75, 3.05) is 23.7 Å². The number of halogens is 2. The third kappa shape index (κ3) is 5.20. The van der Waals surface area contributed by atoms with Crippen LogP contribution in [-0.4, -0.2) is 28.3 Å². The fraction of sp³-hybridized carbons (Fsp3) is 0.211. The second-order valence-electron chi connectivity index (χ2n) is 5.74. The second-order valence-corrected chi connectivity index (χ2v) is 5.74. The van der Waals surface area contributed by atoms with Gasteiger partial charge >= 0.3 is 0 Å². The standard InChI is InChI=1S/C19H19F2N5/c20-16-7-5-14(6-8-16)9-11-22-18-13-24-26-19(25-18)23-12-10-15-3-1-2-4-17(15)21/h1-8,13H,9-12H2,(H2,22,23,25,26). The monoisotopic (exact) mass is 355 g/mol. The van der Waals surface area contributed by atoms with E-state index in [0.29, 0.717) is 36.8 Å². The van der Waals surface area contributed by atoms with Crippen molar-refractivity contribution in [3.8, 4) is 0 Å². The smallest absolute Gasteiger partial charge is 0.244 e. The lowest BCUT2D eigenvalue weighted by Gasteiger charge is -2.08. The predicted octanol–water partition coefficient (Wildman–Crippen LogP) is 3.46. The van der Waals surface area contributed by atoms with Crippen LogP contribution in [0.25, 0.3) is 0 Å². The molecule has 1 aromatic heterocycles. The van der Waals surface area contributed by atoms with E-state index >= 15 is 0 Å². The van der Waals surface area contributed by atoms with Crippen LogP contribution in [0, 0.1) is 11.6 Å². The predicted molar refractivity (Wildman–Crippen MR) is 97.0 cm³/mol. The summed E-state index contributed by atoms with van der Waals surface area (Å²) in [4.78, 5) is 4.32. The summed E-state index contributed by atoms with van der Waals surface area (Å²) in [6, 6.07) is 13.1. The number of nitrogens with zero attached hydrogens (tertiary/aromatic N) is 3. The van der Waals surface area contributed by atoms with Gasteiger partial charge in [-0.05, 0) is 42.2 Å². The zero-order chi connectivity index (χ0) is 18.2. The topological polar surface area (TPSA) is 62.7 Å². The lowest BCUT2D eigenvalue weighted by Crippen LogP contribution is -2.12. The molecule has 7 heteroatoms. The lowest BCUT2D eigenvalue weighted by molar-refractivity contribution is 0.610. The molecule has 0 saturated heterocycles. The Kier molecular flexibility index (Phi) is 6.03. The van der Waals surface area contributed by atoms with E-state index in [-0.39, 0.29) is 11.6 Å². The Balaban J connectivity index is 1.47. The summed E-state index contributed by atoms with van der Waals surface area (Å²) in [6.45, 7) is 1.14. The molecule has 0 saturated carbocycles. The van der Waals surface area contributed by atoms with Crippen LogP contribution < -0.4 is 10.6 Å². The van der Waals surface area contributed by atoms with Crippen molar-refractivity contribution in [1.29, 1.82) is 0 Å². The van der Waals surface area contributed by atoms with Crippen molar-refractivity contribution < 1.29 is 8.78 Å². The molecule has 2 N–H and O–H groups in total. The van der Waals surface area contributed by atoms with Gasteiger partial charge in [0.05, 0.1) is 6.20 Å². The molecule has 2 aromatic carbocycles. The average Bonchev–Trinajstić information content (AvgIpc) is 2.65. The number of hydrogen-bond acceptors (Lipinski definition) is 5. The van der Waals surface area contributed by atoms with E-state index in [1.54, 1.807) is 24.3 Å². The number of aromatic nitrogens is 3. The van der Waals surface area contributed by atoms with Gasteiger partial charge < -0.3 is 10.6 Å². The van der Waals surface area contributed by atoms with E-state index in [0.717, 1.165) is 12.0 Å². The average molecular weight is 355 g/mol. The van der Waals surface area contributed by atoms with Crippen LogP contribution in [0.15, 0.2) is 54.7 Å². The number of rotatable bonds is 8. The number of anilines is 2. The van der Waals surface area contributed by atoms with Gasteiger partial charge in [-0.3, -0.25) is 0 Å². The highest BCUT2D eigenvalue weighted by Crippen LogP contribution is 2.09. The summed E-state index contributed by atoms with van der Waals surface area (Å²) in [7, 11) is 0. The maximum Gasteiger partial charge on any atom is 0.244 e. The number of hydrogen-bond donors (Lipinski definition) is 2. The molecule has 0 aliphatic carbocycles. The minimum atomic E-state index is -0.243. The molecule has 26 heavy (non-hydrogen) atoms. The molecule has 0 aliphatic rings. The first kappa shape index (κ1) is 17.7. The highest BCUT2D eigenvalue weighted by Gasteiger charge is 2.03. The minimum Gasteiger partial charge on any atom is -0.368 e. The Labute approximate surface area is 150 Å². The van der Waals surface area contributed by atoms with Gasteiger partial charge in [0.2, 0.25) is 5.95 Å². The van der Waals surface area contributed by atoms with E-state index in [9.17, 15) is 8.78 Å². The van der Waals surface area contributed by atoms with Gasteiger partial charge in [-0.1, -0.05) is 30.3 Å². The molecular weight excluding hydrogens is 336 g/mol. The maximum absolute atomic E-state index is 13.6. The highest BCUT2D eigenvalue weighted by atomic mass is 19.1. The fourth-order valence-electron chi connectivity index (χ4n) is 2.46. The van der Waals surface area contributed by atoms with Crippen LogP contribution in [-0.2, 0) is 12.8 Å². The van der Waals surface area contributed by atoms with Crippen LogP contribution >= 0.6 is 0 Å². The summed E-state index contributed by atoms with van der Waals surface area (Å²) in [5, 5.41) is 14.0. The highest BCUT2D eigenvalue weighted by molar-refractivity contribution is 5.37. The van der Waals surface area contributed by atoms with E-state index in [4.69, 9.17) is 0 Å². The lowest BCUT2D eigenvalue weighted by atomic mass is 10.1. The molecule has 3 rings (SSSR count). The van der Waals surface area contributed by atoms with Crippen molar-refractivity contribution in [1.82, 2.24) is 15.2 Å². The molecule has 5 nitrogen and oxygen atoms in total. The number of benzene rings is 2. The van der Waals surface area contributed by atoms with Crippen molar-refractivity contribution in [2.45, 2.75) is 12.8 Å². The Morgan fingerprint density at radius 2 is 1.62 bits per heavy atom. The minimum absolute atomic E-state index is 0.218. The first-order valence-electron chi connectivity index (χ1n) is 8.36. The molecule has 0 spiro atoms. The third-order valence-corrected chi connectivity index (χ3v) is 3.83. The fourth-order valence-corrected chi connectivity index (χ4v) is 2.46. The molecule has 0 bridgehead atoms. The Morgan fingerprint density at radius 1 is 0.846 bits per heavy atom. The zero-order valence-corrected chi connectivity index (χ0v) is 14.1. The van der Waals surface area contributed by atoms with Gasteiger partial charge in [0, 0.05) is 13.1 Å². The van der Waals surface area contributed by atoms with Gasteiger partial charge in [0.15, 0.2) is 5.82 Å². The van der Waals surface area contributed by atoms with Gasteiger partial charge in [-0.15, -0.1) is 5.10 Å².